The summed E-state index contributed by atoms with van der Waals surface area (Å²) in [4.78, 5) is 24.8. The van der Waals surface area contributed by atoms with Crippen molar-refractivity contribution in [2.75, 3.05) is 11.9 Å². The van der Waals surface area contributed by atoms with Gasteiger partial charge in [-0.3, -0.25) is 9.59 Å². The van der Waals surface area contributed by atoms with Crippen LogP contribution in [0.2, 0.25) is 0 Å². The zero-order valence-corrected chi connectivity index (χ0v) is 12.7. The average molecular weight is 316 g/mol. The van der Waals surface area contributed by atoms with Crippen molar-refractivity contribution >= 4 is 28.2 Å². The van der Waals surface area contributed by atoms with Crippen molar-refractivity contribution in [2.45, 2.75) is 19.3 Å². The molecule has 1 aromatic carbocycles. The fraction of sp³-hybridized carbons (Fsp3) is 0.250. The smallest absolute Gasteiger partial charge is 0.262 e. The number of anilines is 1. The van der Waals surface area contributed by atoms with Crippen LogP contribution in [0.3, 0.4) is 0 Å². The molecule has 0 atom stereocenters. The first-order chi connectivity index (χ1) is 10.6. The van der Waals surface area contributed by atoms with E-state index in [1.54, 1.807) is 12.1 Å². The van der Waals surface area contributed by atoms with E-state index in [1.807, 2.05) is 18.2 Å². The van der Waals surface area contributed by atoms with Gasteiger partial charge in [0.15, 0.2) is 6.61 Å². The van der Waals surface area contributed by atoms with Gasteiger partial charge in [0.05, 0.1) is 5.56 Å². The number of rotatable bonds is 5. The van der Waals surface area contributed by atoms with Crippen molar-refractivity contribution < 1.29 is 14.3 Å². The predicted molar refractivity (Wildman–Crippen MR) is 85.4 cm³/mol. The molecule has 3 N–H and O–H groups in total. The minimum atomic E-state index is -0.487. The highest BCUT2D eigenvalue weighted by Crippen LogP contribution is 2.38. The molecule has 0 saturated carbocycles. The van der Waals surface area contributed by atoms with Gasteiger partial charge >= 0.3 is 0 Å². The van der Waals surface area contributed by atoms with Crippen LogP contribution < -0.4 is 15.8 Å². The number of hydrogen-bond donors (Lipinski definition) is 2. The molecule has 0 unspecified atom stereocenters. The zero-order chi connectivity index (χ0) is 15.5. The quantitative estimate of drug-likeness (QED) is 0.888. The van der Waals surface area contributed by atoms with Crippen LogP contribution in [0.1, 0.15) is 27.2 Å². The number of para-hydroxylation sites is 1. The van der Waals surface area contributed by atoms with Gasteiger partial charge in [-0.2, -0.15) is 0 Å². The Kier molecular flexibility index (Phi) is 4.11. The second kappa shape index (κ2) is 6.19. The summed E-state index contributed by atoms with van der Waals surface area (Å²) in [6, 6.07) is 9.10. The van der Waals surface area contributed by atoms with Gasteiger partial charge in [0.2, 0.25) is 0 Å². The number of amides is 2. The molecule has 3 rings (SSSR count). The standard InChI is InChI=1S/C16H16N2O3S/c17-15(20)14-11-7-4-8-12(11)22-16(14)18-13(19)9-21-10-5-2-1-3-6-10/h1-3,5-6H,4,7-9H2,(H2,17,20)(H,18,19). The number of benzene rings is 1. The van der Waals surface area contributed by atoms with Gasteiger partial charge in [0.1, 0.15) is 10.8 Å². The van der Waals surface area contributed by atoms with Crippen LogP contribution in [0.5, 0.6) is 5.75 Å². The molecule has 1 aliphatic rings. The Hall–Kier alpha value is -2.34. The fourth-order valence-electron chi connectivity index (χ4n) is 2.58. The van der Waals surface area contributed by atoms with Crippen molar-refractivity contribution in [1.29, 1.82) is 0 Å². The van der Waals surface area contributed by atoms with Gasteiger partial charge < -0.3 is 15.8 Å². The minimum Gasteiger partial charge on any atom is -0.484 e. The highest BCUT2D eigenvalue weighted by molar-refractivity contribution is 7.17. The third kappa shape index (κ3) is 2.96. The number of fused-ring (bicyclic) bond motifs is 1. The largest absolute Gasteiger partial charge is 0.484 e. The van der Waals surface area contributed by atoms with E-state index in [4.69, 9.17) is 10.5 Å². The van der Waals surface area contributed by atoms with E-state index in [9.17, 15) is 9.59 Å². The van der Waals surface area contributed by atoms with Gasteiger partial charge in [0.25, 0.3) is 11.8 Å². The summed E-state index contributed by atoms with van der Waals surface area (Å²) in [5.41, 5.74) is 6.92. The zero-order valence-electron chi connectivity index (χ0n) is 11.9. The summed E-state index contributed by atoms with van der Waals surface area (Å²) >= 11 is 1.44. The molecular weight excluding hydrogens is 300 g/mol. The lowest BCUT2D eigenvalue weighted by molar-refractivity contribution is -0.118. The van der Waals surface area contributed by atoms with E-state index >= 15 is 0 Å². The van der Waals surface area contributed by atoms with Crippen LogP contribution in [0.15, 0.2) is 30.3 Å². The molecule has 1 heterocycles. The maximum atomic E-state index is 12.0. The first-order valence-electron chi connectivity index (χ1n) is 7.07. The van der Waals surface area contributed by atoms with Gasteiger partial charge in [-0.15, -0.1) is 11.3 Å². The SMILES string of the molecule is NC(=O)c1c(NC(=O)COc2ccccc2)sc2c1CCC2. The number of nitrogens with one attached hydrogen (secondary N) is 1. The summed E-state index contributed by atoms with van der Waals surface area (Å²) in [6.07, 6.45) is 2.82. The molecule has 22 heavy (non-hydrogen) atoms. The molecule has 0 bridgehead atoms. The fourth-order valence-corrected chi connectivity index (χ4v) is 3.89. The Bertz CT molecular complexity index is 710. The Balaban J connectivity index is 1.68. The maximum Gasteiger partial charge on any atom is 0.262 e. The predicted octanol–water partition coefficient (Wildman–Crippen LogP) is 2.35. The number of ether oxygens (including phenoxy) is 1. The van der Waals surface area contributed by atoms with Crippen molar-refractivity contribution in [3.05, 3.63) is 46.3 Å². The van der Waals surface area contributed by atoms with Crippen molar-refractivity contribution in [3.63, 3.8) is 0 Å². The van der Waals surface area contributed by atoms with Crippen molar-refractivity contribution in [1.82, 2.24) is 0 Å². The van der Waals surface area contributed by atoms with Crippen LogP contribution >= 0.6 is 11.3 Å². The van der Waals surface area contributed by atoms with E-state index < -0.39 is 5.91 Å². The normalized spacial score (nSPS) is 12.7. The average Bonchev–Trinajstić information content (AvgIpc) is 3.06. The highest BCUT2D eigenvalue weighted by atomic mass is 32.1. The number of primary amides is 1. The highest BCUT2D eigenvalue weighted by Gasteiger charge is 2.26. The number of nitrogens with two attached hydrogens (primary N) is 1. The molecule has 5 nitrogen and oxygen atoms in total. The molecule has 0 spiro atoms. The van der Waals surface area contributed by atoms with E-state index in [-0.39, 0.29) is 12.5 Å². The number of aryl methyl sites for hydroxylation is 1. The lowest BCUT2D eigenvalue weighted by atomic mass is 10.1. The Labute approximate surface area is 132 Å². The second-order valence-electron chi connectivity index (χ2n) is 5.08. The van der Waals surface area contributed by atoms with Gasteiger partial charge in [-0.1, -0.05) is 18.2 Å². The number of carbonyl (C=O) groups is 2. The molecule has 2 aromatic rings. The van der Waals surface area contributed by atoms with E-state index in [2.05, 4.69) is 5.32 Å². The van der Waals surface area contributed by atoms with E-state index in [0.717, 1.165) is 29.7 Å². The van der Waals surface area contributed by atoms with E-state index in [1.165, 1.54) is 11.3 Å². The number of thiophene rings is 1. The molecule has 6 heteroatoms. The molecule has 0 fully saturated rings. The molecule has 114 valence electrons. The molecular formula is C16H16N2O3S. The second-order valence-corrected chi connectivity index (χ2v) is 6.18. The van der Waals surface area contributed by atoms with Gasteiger partial charge in [0, 0.05) is 4.88 Å². The minimum absolute atomic E-state index is 0.106. The number of hydrogen-bond acceptors (Lipinski definition) is 4. The first kappa shape index (κ1) is 14.6. The van der Waals surface area contributed by atoms with E-state index in [0.29, 0.717) is 16.3 Å². The van der Waals surface area contributed by atoms with Gasteiger partial charge in [-0.05, 0) is 37.0 Å². The lowest BCUT2D eigenvalue weighted by Crippen LogP contribution is -2.22. The van der Waals surface area contributed by atoms with Crippen molar-refractivity contribution in [2.24, 2.45) is 5.73 Å². The first-order valence-corrected chi connectivity index (χ1v) is 7.89. The topological polar surface area (TPSA) is 81.4 Å². The molecule has 0 aliphatic heterocycles. The third-order valence-electron chi connectivity index (χ3n) is 3.53. The summed E-state index contributed by atoms with van der Waals surface area (Å²) in [7, 11) is 0. The number of carbonyl (C=O) groups excluding carboxylic acids is 2. The van der Waals surface area contributed by atoms with Crippen molar-refractivity contribution in [3.8, 4) is 5.75 Å². The summed E-state index contributed by atoms with van der Waals surface area (Å²) in [6.45, 7) is -0.106. The van der Waals surface area contributed by atoms with Crippen LogP contribution in [0, 0.1) is 0 Å². The maximum absolute atomic E-state index is 12.0. The summed E-state index contributed by atoms with van der Waals surface area (Å²) < 4.78 is 5.39. The molecule has 0 saturated heterocycles. The van der Waals surface area contributed by atoms with Crippen LogP contribution in [-0.4, -0.2) is 18.4 Å². The van der Waals surface area contributed by atoms with Crippen LogP contribution in [-0.2, 0) is 17.6 Å². The Morgan fingerprint density at radius 3 is 2.73 bits per heavy atom. The third-order valence-corrected chi connectivity index (χ3v) is 4.74. The molecule has 0 radical (unpaired) electrons. The molecule has 1 aliphatic carbocycles. The summed E-state index contributed by atoms with van der Waals surface area (Å²) in [5.74, 6) is -0.161. The van der Waals surface area contributed by atoms with Crippen LogP contribution in [0.4, 0.5) is 5.00 Å². The lowest BCUT2D eigenvalue weighted by Gasteiger charge is -2.07. The monoisotopic (exact) mass is 316 g/mol. The summed E-state index contributed by atoms with van der Waals surface area (Å²) in [5, 5.41) is 3.29. The Morgan fingerprint density at radius 1 is 1.23 bits per heavy atom. The van der Waals surface area contributed by atoms with Gasteiger partial charge in [-0.25, -0.2) is 0 Å². The van der Waals surface area contributed by atoms with Crippen LogP contribution in [0.25, 0.3) is 0 Å². The Morgan fingerprint density at radius 2 is 2.00 bits per heavy atom. The molecule has 2 amide bonds. The molecule has 1 aromatic heterocycles.